The summed E-state index contributed by atoms with van der Waals surface area (Å²) in [6, 6.07) is 15.8. The quantitative estimate of drug-likeness (QED) is 0.796. The van der Waals surface area contributed by atoms with E-state index < -0.39 is 0 Å². The Labute approximate surface area is 153 Å². The molecule has 25 heavy (non-hydrogen) atoms. The summed E-state index contributed by atoms with van der Waals surface area (Å²) < 4.78 is 0. The topological polar surface area (TPSA) is 41.5 Å². The first-order chi connectivity index (χ1) is 11.8. The SMILES string of the molecule is CC(C)(C)c1ccc(/C=C2/N=C(Cc3ccc(Cl)cc3)NC2=O)cc1. The highest BCUT2D eigenvalue weighted by Gasteiger charge is 2.20. The Morgan fingerprint density at radius 3 is 2.28 bits per heavy atom. The largest absolute Gasteiger partial charge is 0.308 e. The number of rotatable bonds is 3. The van der Waals surface area contributed by atoms with Crippen LogP contribution in [0.15, 0.2) is 59.2 Å². The molecular weight excluding hydrogens is 332 g/mol. The third kappa shape index (κ3) is 4.37. The van der Waals surface area contributed by atoms with Crippen LogP contribution in [0.4, 0.5) is 0 Å². The predicted octanol–water partition coefficient (Wildman–Crippen LogP) is 4.75. The lowest BCUT2D eigenvalue weighted by molar-refractivity contribution is -0.115. The second kappa shape index (κ2) is 6.85. The van der Waals surface area contributed by atoms with Crippen molar-refractivity contribution in [3.05, 3.63) is 75.9 Å². The summed E-state index contributed by atoms with van der Waals surface area (Å²) in [5.41, 5.74) is 3.83. The second-order valence-electron chi connectivity index (χ2n) is 7.22. The van der Waals surface area contributed by atoms with Crippen LogP contribution in [0.5, 0.6) is 0 Å². The molecule has 2 aromatic rings. The molecule has 1 amide bonds. The van der Waals surface area contributed by atoms with Crippen molar-refractivity contribution in [2.75, 3.05) is 0 Å². The van der Waals surface area contributed by atoms with Crippen molar-refractivity contribution >= 4 is 29.4 Å². The lowest BCUT2D eigenvalue weighted by Gasteiger charge is -2.18. The van der Waals surface area contributed by atoms with Crippen LogP contribution in [-0.2, 0) is 16.6 Å². The summed E-state index contributed by atoms with van der Waals surface area (Å²) in [6.45, 7) is 6.54. The van der Waals surface area contributed by atoms with Gasteiger partial charge < -0.3 is 5.32 Å². The first-order valence-corrected chi connectivity index (χ1v) is 8.65. The highest BCUT2D eigenvalue weighted by molar-refractivity contribution is 6.30. The Kier molecular flexibility index (Phi) is 4.78. The van der Waals surface area contributed by atoms with E-state index in [1.807, 2.05) is 42.5 Å². The molecular formula is C21H21ClN2O. The lowest BCUT2D eigenvalue weighted by atomic mass is 9.87. The number of hydrogen-bond donors (Lipinski definition) is 1. The first-order valence-electron chi connectivity index (χ1n) is 8.27. The fourth-order valence-electron chi connectivity index (χ4n) is 2.63. The Balaban J connectivity index is 1.77. The number of amidine groups is 1. The molecule has 0 bridgehead atoms. The maximum Gasteiger partial charge on any atom is 0.275 e. The van der Waals surface area contributed by atoms with Gasteiger partial charge in [0.1, 0.15) is 11.5 Å². The van der Waals surface area contributed by atoms with Gasteiger partial charge in [0.05, 0.1) is 0 Å². The highest BCUT2D eigenvalue weighted by Crippen LogP contribution is 2.23. The van der Waals surface area contributed by atoms with E-state index in [0.717, 1.165) is 11.1 Å². The van der Waals surface area contributed by atoms with Gasteiger partial charge in [-0.15, -0.1) is 0 Å². The molecule has 3 nitrogen and oxygen atoms in total. The van der Waals surface area contributed by atoms with E-state index in [1.165, 1.54) is 5.56 Å². The molecule has 2 aromatic carbocycles. The Bertz CT molecular complexity index is 841. The van der Waals surface area contributed by atoms with Gasteiger partial charge in [-0.05, 0) is 40.3 Å². The molecule has 1 heterocycles. The number of nitrogens with zero attached hydrogens (tertiary/aromatic N) is 1. The maximum absolute atomic E-state index is 12.1. The van der Waals surface area contributed by atoms with Gasteiger partial charge in [0, 0.05) is 11.4 Å². The molecule has 0 saturated carbocycles. The number of nitrogens with one attached hydrogen (secondary N) is 1. The second-order valence-corrected chi connectivity index (χ2v) is 7.65. The smallest absolute Gasteiger partial charge is 0.275 e. The van der Waals surface area contributed by atoms with Gasteiger partial charge in [0.25, 0.3) is 5.91 Å². The van der Waals surface area contributed by atoms with Crippen LogP contribution in [0, 0.1) is 0 Å². The van der Waals surface area contributed by atoms with Crippen LogP contribution in [0.2, 0.25) is 5.02 Å². The highest BCUT2D eigenvalue weighted by atomic mass is 35.5. The van der Waals surface area contributed by atoms with Gasteiger partial charge >= 0.3 is 0 Å². The van der Waals surface area contributed by atoms with E-state index in [9.17, 15) is 4.79 Å². The van der Waals surface area contributed by atoms with E-state index in [-0.39, 0.29) is 11.3 Å². The van der Waals surface area contributed by atoms with Crippen LogP contribution in [0.1, 0.15) is 37.5 Å². The Hall–Kier alpha value is -2.39. The predicted molar refractivity (Wildman–Crippen MR) is 104 cm³/mol. The molecule has 0 aliphatic carbocycles. The third-order valence-corrected chi connectivity index (χ3v) is 4.36. The fourth-order valence-corrected chi connectivity index (χ4v) is 2.76. The Morgan fingerprint density at radius 1 is 1.04 bits per heavy atom. The summed E-state index contributed by atoms with van der Waals surface area (Å²) >= 11 is 5.89. The zero-order chi connectivity index (χ0) is 18.0. The average molecular weight is 353 g/mol. The monoisotopic (exact) mass is 352 g/mol. The van der Waals surface area contributed by atoms with Crippen LogP contribution >= 0.6 is 11.6 Å². The number of halogens is 1. The fraction of sp³-hybridized carbons (Fsp3) is 0.238. The standard InChI is InChI=1S/C21H21ClN2O/c1-21(2,3)16-8-4-14(5-9-16)12-18-20(25)24-19(23-18)13-15-6-10-17(22)11-7-15/h4-12H,13H2,1-3H3,(H,23,24,25)/b18-12+. The number of benzene rings is 2. The zero-order valence-electron chi connectivity index (χ0n) is 14.6. The molecule has 0 unspecified atom stereocenters. The van der Waals surface area contributed by atoms with Gasteiger partial charge in [0.2, 0.25) is 0 Å². The molecule has 0 radical (unpaired) electrons. The molecule has 0 aromatic heterocycles. The van der Waals surface area contributed by atoms with Crippen molar-refractivity contribution in [1.82, 2.24) is 5.32 Å². The number of carbonyl (C=O) groups is 1. The minimum Gasteiger partial charge on any atom is -0.308 e. The van der Waals surface area contributed by atoms with Crippen LogP contribution in [0.25, 0.3) is 6.08 Å². The molecule has 1 N–H and O–H groups in total. The molecule has 1 aliphatic heterocycles. The average Bonchev–Trinajstić information content (AvgIpc) is 2.89. The van der Waals surface area contributed by atoms with E-state index >= 15 is 0 Å². The van der Waals surface area contributed by atoms with E-state index in [2.05, 4.69) is 43.2 Å². The Morgan fingerprint density at radius 2 is 1.68 bits per heavy atom. The van der Waals surface area contributed by atoms with Crippen molar-refractivity contribution in [3.8, 4) is 0 Å². The molecule has 0 atom stereocenters. The molecule has 0 fully saturated rings. The third-order valence-electron chi connectivity index (χ3n) is 4.11. The number of hydrogen-bond acceptors (Lipinski definition) is 2. The van der Waals surface area contributed by atoms with Crippen molar-refractivity contribution in [1.29, 1.82) is 0 Å². The van der Waals surface area contributed by atoms with E-state index in [0.29, 0.717) is 23.0 Å². The lowest BCUT2D eigenvalue weighted by Crippen LogP contribution is -2.25. The van der Waals surface area contributed by atoms with E-state index in [4.69, 9.17) is 11.6 Å². The molecule has 128 valence electrons. The van der Waals surface area contributed by atoms with Gasteiger partial charge in [0.15, 0.2) is 0 Å². The minimum absolute atomic E-state index is 0.111. The van der Waals surface area contributed by atoms with Crippen molar-refractivity contribution in [2.45, 2.75) is 32.6 Å². The van der Waals surface area contributed by atoms with Gasteiger partial charge in [-0.25, -0.2) is 4.99 Å². The van der Waals surface area contributed by atoms with Crippen LogP contribution in [-0.4, -0.2) is 11.7 Å². The number of amides is 1. The van der Waals surface area contributed by atoms with Crippen molar-refractivity contribution in [3.63, 3.8) is 0 Å². The minimum atomic E-state index is -0.163. The molecule has 4 heteroatoms. The van der Waals surface area contributed by atoms with Crippen molar-refractivity contribution < 1.29 is 4.79 Å². The summed E-state index contributed by atoms with van der Waals surface area (Å²) in [5, 5.41) is 3.53. The number of carbonyl (C=O) groups excluding carboxylic acids is 1. The summed E-state index contributed by atoms with van der Waals surface area (Å²) in [4.78, 5) is 16.6. The maximum atomic E-state index is 12.1. The summed E-state index contributed by atoms with van der Waals surface area (Å²) in [6.07, 6.45) is 2.39. The summed E-state index contributed by atoms with van der Waals surface area (Å²) in [5.74, 6) is 0.494. The first kappa shape index (κ1) is 17.4. The molecule has 0 spiro atoms. The van der Waals surface area contributed by atoms with Crippen LogP contribution < -0.4 is 5.32 Å². The van der Waals surface area contributed by atoms with Gasteiger partial charge in [-0.1, -0.05) is 68.8 Å². The van der Waals surface area contributed by atoms with Gasteiger partial charge in [-0.2, -0.15) is 0 Å². The van der Waals surface area contributed by atoms with Crippen LogP contribution in [0.3, 0.4) is 0 Å². The van der Waals surface area contributed by atoms with E-state index in [1.54, 1.807) is 0 Å². The molecule has 0 saturated heterocycles. The molecule has 1 aliphatic rings. The van der Waals surface area contributed by atoms with Gasteiger partial charge in [-0.3, -0.25) is 4.79 Å². The zero-order valence-corrected chi connectivity index (χ0v) is 15.4. The summed E-state index contributed by atoms with van der Waals surface area (Å²) in [7, 11) is 0. The molecule has 3 rings (SSSR count). The normalized spacial score (nSPS) is 16.1. The van der Waals surface area contributed by atoms with Crippen molar-refractivity contribution in [2.24, 2.45) is 4.99 Å². The number of aliphatic imine (C=N–C) groups is 1.